The Balaban J connectivity index is 2.28. The second-order valence-electron chi connectivity index (χ2n) is 4.64. The first-order valence-corrected chi connectivity index (χ1v) is 7.29. The minimum atomic E-state index is -0.552. The third kappa shape index (κ3) is 3.60. The molecule has 2 rings (SSSR count). The highest BCUT2D eigenvalue weighted by molar-refractivity contribution is 9.10. The molecule has 1 atom stereocenters. The number of methoxy groups -OCH3 is 1. The van der Waals surface area contributed by atoms with Crippen molar-refractivity contribution < 1.29 is 13.5 Å². The van der Waals surface area contributed by atoms with Crippen molar-refractivity contribution in [2.24, 2.45) is 0 Å². The number of nitrogens with one attached hydrogen (secondary N) is 1. The van der Waals surface area contributed by atoms with E-state index >= 15 is 0 Å². The minimum Gasteiger partial charge on any atom is -0.497 e. The molecule has 0 radical (unpaired) electrons. The number of hydrogen-bond donors (Lipinski definition) is 1. The van der Waals surface area contributed by atoms with Crippen LogP contribution in [0.15, 0.2) is 40.9 Å². The van der Waals surface area contributed by atoms with Crippen molar-refractivity contribution in [3.63, 3.8) is 0 Å². The summed E-state index contributed by atoms with van der Waals surface area (Å²) in [6.45, 7) is 0. The van der Waals surface area contributed by atoms with Crippen LogP contribution in [0, 0.1) is 11.6 Å². The van der Waals surface area contributed by atoms with Gasteiger partial charge in [-0.1, -0.05) is 12.1 Å². The fourth-order valence-corrected chi connectivity index (χ4v) is 2.55. The molecule has 0 saturated heterocycles. The molecule has 0 aromatic heterocycles. The van der Waals surface area contributed by atoms with Crippen LogP contribution in [-0.4, -0.2) is 14.2 Å². The third-order valence-electron chi connectivity index (χ3n) is 3.41. The van der Waals surface area contributed by atoms with Crippen molar-refractivity contribution in [1.29, 1.82) is 0 Å². The van der Waals surface area contributed by atoms with Crippen LogP contribution in [0.5, 0.6) is 5.75 Å². The molecule has 2 nitrogen and oxygen atoms in total. The molecular formula is C16H16BrF2NO. The summed E-state index contributed by atoms with van der Waals surface area (Å²) in [5.41, 5.74) is 1.01. The van der Waals surface area contributed by atoms with Crippen molar-refractivity contribution in [3.05, 3.63) is 63.6 Å². The Hall–Kier alpha value is -1.46. The highest BCUT2D eigenvalue weighted by Crippen LogP contribution is 2.27. The van der Waals surface area contributed by atoms with E-state index in [1.54, 1.807) is 14.2 Å². The number of ether oxygens (including phenoxy) is 1. The van der Waals surface area contributed by atoms with E-state index in [-0.39, 0.29) is 22.5 Å². The van der Waals surface area contributed by atoms with Gasteiger partial charge in [-0.05, 0) is 59.2 Å². The smallest absolute Gasteiger partial charge is 0.143 e. The van der Waals surface area contributed by atoms with Crippen LogP contribution >= 0.6 is 15.9 Å². The maximum Gasteiger partial charge on any atom is 0.143 e. The summed E-state index contributed by atoms with van der Waals surface area (Å²) >= 11 is 3.09. The van der Waals surface area contributed by atoms with Gasteiger partial charge in [-0.3, -0.25) is 0 Å². The van der Waals surface area contributed by atoms with Crippen LogP contribution in [0.4, 0.5) is 8.78 Å². The molecule has 0 fully saturated rings. The Morgan fingerprint density at radius 2 is 1.81 bits per heavy atom. The van der Waals surface area contributed by atoms with Crippen LogP contribution in [-0.2, 0) is 6.42 Å². The van der Waals surface area contributed by atoms with Gasteiger partial charge < -0.3 is 10.1 Å². The van der Waals surface area contributed by atoms with Crippen molar-refractivity contribution in [2.75, 3.05) is 14.2 Å². The van der Waals surface area contributed by atoms with E-state index < -0.39 is 11.6 Å². The van der Waals surface area contributed by atoms with Gasteiger partial charge in [-0.15, -0.1) is 0 Å². The zero-order valence-electron chi connectivity index (χ0n) is 11.8. The maximum atomic E-state index is 14.1. The minimum absolute atomic E-state index is 0.0690. The first kappa shape index (κ1) is 15.9. The van der Waals surface area contributed by atoms with E-state index in [2.05, 4.69) is 21.2 Å². The molecule has 5 heteroatoms. The van der Waals surface area contributed by atoms with Crippen LogP contribution < -0.4 is 10.1 Å². The molecule has 0 heterocycles. The van der Waals surface area contributed by atoms with Gasteiger partial charge in [-0.2, -0.15) is 0 Å². The second kappa shape index (κ2) is 7.00. The quantitative estimate of drug-likeness (QED) is 0.810. The molecule has 2 aromatic carbocycles. The van der Waals surface area contributed by atoms with Gasteiger partial charge >= 0.3 is 0 Å². The predicted molar refractivity (Wildman–Crippen MR) is 82.6 cm³/mol. The SMILES string of the molecule is CNC(Cc1c(F)ccc(Br)c1F)c1ccc(OC)cc1. The molecule has 0 aliphatic carbocycles. The van der Waals surface area contributed by atoms with E-state index in [1.807, 2.05) is 24.3 Å². The lowest BCUT2D eigenvalue weighted by atomic mass is 9.98. The highest BCUT2D eigenvalue weighted by atomic mass is 79.9. The lowest BCUT2D eigenvalue weighted by molar-refractivity contribution is 0.414. The topological polar surface area (TPSA) is 21.3 Å². The first-order valence-electron chi connectivity index (χ1n) is 6.50. The van der Waals surface area contributed by atoms with Crippen molar-refractivity contribution in [3.8, 4) is 5.75 Å². The highest BCUT2D eigenvalue weighted by Gasteiger charge is 2.18. The number of benzene rings is 2. The standard InChI is InChI=1S/C16H16BrF2NO/c1-20-15(10-3-5-11(21-2)6-4-10)9-12-14(18)8-7-13(17)16(12)19/h3-8,15,20H,9H2,1-2H3. The molecule has 1 unspecified atom stereocenters. The summed E-state index contributed by atoms with van der Waals surface area (Å²) < 4.78 is 33.3. The van der Waals surface area contributed by atoms with Gasteiger partial charge in [-0.25, -0.2) is 8.78 Å². The van der Waals surface area contributed by atoms with E-state index in [9.17, 15) is 8.78 Å². The van der Waals surface area contributed by atoms with Crippen LogP contribution in [0.1, 0.15) is 17.2 Å². The van der Waals surface area contributed by atoms with Gasteiger partial charge in [0.25, 0.3) is 0 Å². The molecule has 0 aliphatic heterocycles. The summed E-state index contributed by atoms with van der Waals surface area (Å²) in [6, 6.07) is 9.87. The van der Waals surface area contributed by atoms with E-state index in [1.165, 1.54) is 12.1 Å². The average molecular weight is 356 g/mol. The lowest BCUT2D eigenvalue weighted by Crippen LogP contribution is -2.20. The zero-order chi connectivity index (χ0) is 15.4. The van der Waals surface area contributed by atoms with Gasteiger partial charge in [0.1, 0.15) is 17.4 Å². The average Bonchev–Trinajstić information content (AvgIpc) is 2.52. The molecular weight excluding hydrogens is 340 g/mol. The largest absolute Gasteiger partial charge is 0.497 e. The lowest BCUT2D eigenvalue weighted by Gasteiger charge is -2.18. The summed E-state index contributed by atoms with van der Waals surface area (Å²) in [4.78, 5) is 0. The number of hydrogen-bond acceptors (Lipinski definition) is 2. The monoisotopic (exact) mass is 355 g/mol. The normalized spacial score (nSPS) is 12.2. The number of likely N-dealkylation sites (N-methyl/N-ethyl adjacent to an activating group) is 1. The molecule has 0 aliphatic rings. The van der Waals surface area contributed by atoms with Gasteiger partial charge in [0.15, 0.2) is 0 Å². The van der Waals surface area contributed by atoms with Crippen LogP contribution in [0.25, 0.3) is 0 Å². The summed E-state index contributed by atoms with van der Waals surface area (Å²) in [5, 5.41) is 3.09. The summed E-state index contributed by atoms with van der Waals surface area (Å²) in [7, 11) is 3.36. The van der Waals surface area contributed by atoms with Crippen molar-refractivity contribution in [2.45, 2.75) is 12.5 Å². The Kier molecular flexibility index (Phi) is 5.31. The molecule has 112 valence electrons. The second-order valence-corrected chi connectivity index (χ2v) is 5.49. The van der Waals surface area contributed by atoms with E-state index in [0.717, 1.165) is 11.3 Å². The Morgan fingerprint density at radius 3 is 2.38 bits per heavy atom. The Bertz CT molecular complexity index is 616. The van der Waals surface area contributed by atoms with Crippen LogP contribution in [0.2, 0.25) is 0 Å². The number of rotatable bonds is 5. The van der Waals surface area contributed by atoms with Crippen molar-refractivity contribution >= 4 is 15.9 Å². The molecule has 0 amide bonds. The molecule has 1 N–H and O–H groups in total. The Labute approximate surface area is 131 Å². The fraction of sp³-hybridized carbons (Fsp3) is 0.250. The first-order chi connectivity index (χ1) is 10.1. The summed E-state index contributed by atoms with van der Waals surface area (Å²) in [5.74, 6) is -0.346. The summed E-state index contributed by atoms with van der Waals surface area (Å²) in [6.07, 6.45) is 0.222. The third-order valence-corrected chi connectivity index (χ3v) is 4.03. The maximum absolute atomic E-state index is 14.1. The van der Waals surface area contributed by atoms with E-state index in [0.29, 0.717) is 0 Å². The molecule has 0 spiro atoms. The van der Waals surface area contributed by atoms with Gasteiger partial charge in [0.2, 0.25) is 0 Å². The van der Waals surface area contributed by atoms with E-state index in [4.69, 9.17) is 4.74 Å². The van der Waals surface area contributed by atoms with Crippen LogP contribution in [0.3, 0.4) is 0 Å². The van der Waals surface area contributed by atoms with Crippen molar-refractivity contribution in [1.82, 2.24) is 5.32 Å². The van der Waals surface area contributed by atoms with Gasteiger partial charge in [0.05, 0.1) is 11.6 Å². The predicted octanol–water partition coefficient (Wildman–Crippen LogP) is 4.24. The fourth-order valence-electron chi connectivity index (χ4n) is 2.18. The molecule has 0 saturated carbocycles. The van der Waals surface area contributed by atoms with Gasteiger partial charge in [0, 0.05) is 11.6 Å². The molecule has 21 heavy (non-hydrogen) atoms. The number of halogens is 3. The molecule has 0 bridgehead atoms. The molecule has 2 aromatic rings. The zero-order valence-corrected chi connectivity index (χ0v) is 13.4. The Morgan fingerprint density at radius 1 is 1.14 bits per heavy atom.